The van der Waals surface area contributed by atoms with Gasteiger partial charge >= 0.3 is 0 Å². The van der Waals surface area contributed by atoms with E-state index in [-0.39, 0.29) is 6.04 Å². The Bertz CT molecular complexity index is 474. The van der Waals surface area contributed by atoms with Gasteiger partial charge in [0.1, 0.15) is 0 Å². The molecule has 1 aromatic carbocycles. The molecule has 2 nitrogen and oxygen atoms in total. The summed E-state index contributed by atoms with van der Waals surface area (Å²) in [4.78, 5) is 4.35. The lowest BCUT2D eigenvalue weighted by molar-refractivity contribution is 0.459. The summed E-state index contributed by atoms with van der Waals surface area (Å²) in [5.74, 6) is 0.491. The fraction of sp³-hybridized carbons (Fsp3) is 0.357. The minimum absolute atomic E-state index is 0.0953. The van der Waals surface area contributed by atoms with Crippen LogP contribution >= 0.6 is 0 Å². The van der Waals surface area contributed by atoms with Crippen LogP contribution in [0.2, 0.25) is 0 Å². The van der Waals surface area contributed by atoms with Crippen LogP contribution in [0.5, 0.6) is 0 Å². The molecule has 16 heavy (non-hydrogen) atoms. The third kappa shape index (κ3) is 1.93. The number of benzene rings is 1. The van der Waals surface area contributed by atoms with Crippen LogP contribution in [-0.4, -0.2) is 4.98 Å². The number of hydrogen-bond donors (Lipinski definition) is 1. The van der Waals surface area contributed by atoms with Gasteiger partial charge in [0.25, 0.3) is 0 Å². The SMILES string of the molecule is CCC(C)[C@H](N)c1ccnc2ccccc12. The standard InChI is InChI=1S/C14H18N2/c1-3-10(2)14(15)12-8-9-16-13-7-5-4-6-11(12)13/h4-10,14H,3,15H2,1-2H3/t10?,14-/m0/s1. The van der Waals surface area contributed by atoms with Crippen LogP contribution in [0.1, 0.15) is 31.9 Å². The molecule has 0 aliphatic rings. The molecule has 0 saturated heterocycles. The van der Waals surface area contributed by atoms with Crippen LogP contribution in [0.15, 0.2) is 36.5 Å². The predicted octanol–water partition coefficient (Wildman–Crippen LogP) is 3.28. The Balaban J connectivity index is 2.52. The van der Waals surface area contributed by atoms with Gasteiger partial charge in [0.05, 0.1) is 5.52 Å². The average molecular weight is 214 g/mol. The van der Waals surface area contributed by atoms with E-state index in [1.54, 1.807) is 0 Å². The summed E-state index contributed by atoms with van der Waals surface area (Å²) in [5.41, 5.74) is 8.52. The zero-order valence-electron chi connectivity index (χ0n) is 9.85. The second kappa shape index (κ2) is 4.62. The Morgan fingerprint density at radius 1 is 1.25 bits per heavy atom. The Morgan fingerprint density at radius 2 is 2.00 bits per heavy atom. The predicted molar refractivity (Wildman–Crippen MR) is 68.1 cm³/mol. The summed E-state index contributed by atoms with van der Waals surface area (Å²) in [6.07, 6.45) is 2.94. The molecule has 0 bridgehead atoms. The molecule has 2 N–H and O–H groups in total. The highest BCUT2D eigenvalue weighted by Gasteiger charge is 2.15. The molecule has 0 aliphatic carbocycles. The summed E-state index contributed by atoms with van der Waals surface area (Å²) in [6.45, 7) is 4.37. The Labute approximate surface area is 96.5 Å². The van der Waals surface area contributed by atoms with Crippen molar-refractivity contribution in [3.8, 4) is 0 Å². The number of nitrogens with two attached hydrogens (primary N) is 1. The van der Waals surface area contributed by atoms with E-state index in [4.69, 9.17) is 5.73 Å². The van der Waals surface area contributed by atoms with Crippen molar-refractivity contribution < 1.29 is 0 Å². The fourth-order valence-corrected chi connectivity index (χ4v) is 1.97. The van der Waals surface area contributed by atoms with Crippen LogP contribution in [0, 0.1) is 5.92 Å². The van der Waals surface area contributed by atoms with Gasteiger partial charge in [-0.05, 0) is 23.6 Å². The molecule has 2 rings (SSSR count). The van der Waals surface area contributed by atoms with Gasteiger partial charge in [-0.15, -0.1) is 0 Å². The Hall–Kier alpha value is -1.41. The van der Waals surface area contributed by atoms with Gasteiger partial charge in [-0.1, -0.05) is 38.5 Å². The first-order valence-electron chi connectivity index (χ1n) is 5.83. The van der Waals surface area contributed by atoms with E-state index in [2.05, 4.69) is 24.9 Å². The zero-order chi connectivity index (χ0) is 11.5. The van der Waals surface area contributed by atoms with Crippen molar-refractivity contribution in [2.24, 2.45) is 11.7 Å². The van der Waals surface area contributed by atoms with E-state index in [1.807, 2.05) is 30.5 Å². The molecule has 0 aliphatic heterocycles. The first-order chi connectivity index (χ1) is 7.74. The molecule has 2 atom stereocenters. The van der Waals surface area contributed by atoms with Crippen LogP contribution < -0.4 is 5.73 Å². The first-order valence-corrected chi connectivity index (χ1v) is 5.83. The van der Waals surface area contributed by atoms with Crippen molar-refractivity contribution in [2.45, 2.75) is 26.3 Å². The quantitative estimate of drug-likeness (QED) is 0.851. The van der Waals surface area contributed by atoms with Crippen LogP contribution in [-0.2, 0) is 0 Å². The van der Waals surface area contributed by atoms with E-state index < -0.39 is 0 Å². The van der Waals surface area contributed by atoms with Crippen molar-refractivity contribution in [1.82, 2.24) is 4.98 Å². The molecule has 0 saturated carbocycles. The van der Waals surface area contributed by atoms with E-state index in [9.17, 15) is 0 Å². The van der Waals surface area contributed by atoms with Crippen molar-refractivity contribution in [1.29, 1.82) is 0 Å². The second-order valence-corrected chi connectivity index (χ2v) is 4.33. The summed E-state index contributed by atoms with van der Waals surface area (Å²) in [6, 6.07) is 10.3. The minimum Gasteiger partial charge on any atom is -0.324 e. The molecule has 2 aromatic rings. The van der Waals surface area contributed by atoms with Gasteiger partial charge in [-0.3, -0.25) is 4.98 Å². The number of hydrogen-bond acceptors (Lipinski definition) is 2. The van der Waals surface area contributed by atoms with E-state index in [0.29, 0.717) is 5.92 Å². The second-order valence-electron chi connectivity index (χ2n) is 4.33. The molecule has 84 valence electrons. The maximum Gasteiger partial charge on any atom is 0.0705 e. The number of para-hydroxylation sites is 1. The van der Waals surface area contributed by atoms with E-state index >= 15 is 0 Å². The van der Waals surface area contributed by atoms with Gasteiger partial charge in [0, 0.05) is 17.6 Å². The summed E-state index contributed by atoms with van der Waals surface area (Å²) in [5, 5.41) is 1.18. The minimum atomic E-state index is 0.0953. The van der Waals surface area contributed by atoms with Crippen molar-refractivity contribution in [2.75, 3.05) is 0 Å². The van der Waals surface area contributed by atoms with Crippen molar-refractivity contribution in [3.05, 3.63) is 42.1 Å². The van der Waals surface area contributed by atoms with Gasteiger partial charge in [0.2, 0.25) is 0 Å². The number of rotatable bonds is 3. The highest BCUT2D eigenvalue weighted by molar-refractivity contribution is 5.82. The van der Waals surface area contributed by atoms with Crippen LogP contribution in [0.25, 0.3) is 10.9 Å². The molecule has 0 spiro atoms. The van der Waals surface area contributed by atoms with Gasteiger partial charge in [-0.25, -0.2) is 0 Å². The number of nitrogens with zero attached hydrogens (tertiary/aromatic N) is 1. The summed E-state index contributed by atoms with van der Waals surface area (Å²) in [7, 11) is 0. The lowest BCUT2D eigenvalue weighted by atomic mass is 9.91. The third-order valence-corrected chi connectivity index (χ3v) is 3.30. The summed E-state index contributed by atoms with van der Waals surface area (Å²) < 4.78 is 0. The van der Waals surface area contributed by atoms with Crippen molar-refractivity contribution in [3.63, 3.8) is 0 Å². The Morgan fingerprint density at radius 3 is 2.75 bits per heavy atom. The maximum atomic E-state index is 6.29. The molecule has 2 heteroatoms. The van der Waals surface area contributed by atoms with E-state index in [0.717, 1.165) is 11.9 Å². The van der Waals surface area contributed by atoms with Crippen LogP contribution in [0.4, 0.5) is 0 Å². The molecule has 0 amide bonds. The van der Waals surface area contributed by atoms with E-state index in [1.165, 1.54) is 10.9 Å². The zero-order valence-corrected chi connectivity index (χ0v) is 9.85. The molecule has 0 radical (unpaired) electrons. The van der Waals surface area contributed by atoms with Gasteiger partial charge in [0.15, 0.2) is 0 Å². The average Bonchev–Trinajstić information content (AvgIpc) is 2.36. The summed E-state index contributed by atoms with van der Waals surface area (Å²) >= 11 is 0. The highest BCUT2D eigenvalue weighted by Crippen LogP contribution is 2.27. The molecule has 1 heterocycles. The largest absolute Gasteiger partial charge is 0.324 e. The Kier molecular flexibility index (Phi) is 3.20. The van der Waals surface area contributed by atoms with Gasteiger partial charge in [-0.2, -0.15) is 0 Å². The van der Waals surface area contributed by atoms with Crippen molar-refractivity contribution >= 4 is 10.9 Å². The lowest BCUT2D eigenvalue weighted by Crippen LogP contribution is -2.18. The van der Waals surface area contributed by atoms with Crippen LogP contribution in [0.3, 0.4) is 0 Å². The first kappa shape index (κ1) is 11.1. The highest BCUT2D eigenvalue weighted by atomic mass is 14.7. The third-order valence-electron chi connectivity index (χ3n) is 3.30. The normalized spacial score (nSPS) is 14.9. The molecular weight excluding hydrogens is 196 g/mol. The number of pyridine rings is 1. The number of aromatic nitrogens is 1. The topological polar surface area (TPSA) is 38.9 Å². The lowest BCUT2D eigenvalue weighted by Gasteiger charge is -2.20. The van der Waals surface area contributed by atoms with Gasteiger partial charge < -0.3 is 5.73 Å². The molecular formula is C14H18N2. The monoisotopic (exact) mass is 214 g/mol. The smallest absolute Gasteiger partial charge is 0.0705 e. The molecule has 1 unspecified atom stereocenters. The maximum absolute atomic E-state index is 6.29. The number of fused-ring (bicyclic) bond motifs is 1. The molecule has 1 aromatic heterocycles. The molecule has 0 fully saturated rings. The fourth-order valence-electron chi connectivity index (χ4n) is 1.97.